The molecule has 0 amide bonds. The van der Waals surface area contributed by atoms with Crippen LogP contribution in [0.2, 0.25) is 0 Å². The van der Waals surface area contributed by atoms with Crippen molar-refractivity contribution in [1.29, 1.82) is 0 Å². The standard InChI is InChI=1S/C9H20NOP/c1-4-10-5-7-12(11,8-6-10)9(2)3/h9H,4-8H2,1-3H3. The molecule has 0 unspecified atom stereocenters. The Morgan fingerprint density at radius 3 is 2.17 bits per heavy atom. The fourth-order valence-corrected chi connectivity index (χ4v) is 4.18. The van der Waals surface area contributed by atoms with E-state index in [0.29, 0.717) is 5.66 Å². The van der Waals surface area contributed by atoms with Crippen molar-refractivity contribution in [2.45, 2.75) is 26.4 Å². The van der Waals surface area contributed by atoms with Gasteiger partial charge in [-0.2, -0.15) is 0 Å². The molecule has 0 aromatic heterocycles. The van der Waals surface area contributed by atoms with Gasteiger partial charge in [0.1, 0.15) is 0 Å². The molecule has 2 nitrogen and oxygen atoms in total. The second-order valence-electron chi connectivity index (χ2n) is 3.93. The van der Waals surface area contributed by atoms with E-state index in [4.69, 9.17) is 0 Å². The maximum Gasteiger partial charge on any atom is 0.0926 e. The van der Waals surface area contributed by atoms with E-state index in [1.807, 2.05) is 0 Å². The molecule has 0 atom stereocenters. The molecule has 1 saturated heterocycles. The molecule has 1 fully saturated rings. The van der Waals surface area contributed by atoms with Crippen molar-refractivity contribution >= 4 is 7.14 Å². The first-order valence-corrected chi connectivity index (χ1v) is 7.03. The van der Waals surface area contributed by atoms with Crippen LogP contribution in [-0.2, 0) is 4.57 Å². The summed E-state index contributed by atoms with van der Waals surface area (Å²) in [4.78, 5) is 2.39. The predicted octanol–water partition coefficient (Wildman–Crippen LogP) is 2.09. The lowest BCUT2D eigenvalue weighted by atomic mass is 10.5. The topological polar surface area (TPSA) is 20.3 Å². The molecule has 1 aliphatic heterocycles. The average molecular weight is 189 g/mol. The van der Waals surface area contributed by atoms with E-state index in [1.54, 1.807) is 0 Å². The first-order valence-electron chi connectivity index (χ1n) is 4.88. The lowest BCUT2D eigenvalue weighted by molar-refractivity contribution is 0.310. The van der Waals surface area contributed by atoms with Gasteiger partial charge in [-0.05, 0) is 6.54 Å². The molecular formula is C9H20NOP. The molecule has 1 rings (SSSR count). The van der Waals surface area contributed by atoms with Crippen LogP contribution in [0.5, 0.6) is 0 Å². The van der Waals surface area contributed by atoms with Crippen molar-refractivity contribution in [3.63, 3.8) is 0 Å². The summed E-state index contributed by atoms with van der Waals surface area (Å²) in [6.45, 7) is 9.58. The van der Waals surface area contributed by atoms with E-state index in [9.17, 15) is 4.57 Å². The monoisotopic (exact) mass is 189 g/mol. The Bertz CT molecular complexity index is 179. The minimum absolute atomic E-state index is 0.400. The van der Waals surface area contributed by atoms with E-state index < -0.39 is 7.14 Å². The predicted molar refractivity (Wildman–Crippen MR) is 54.6 cm³/mol. The van der Waals surface area contributed by atoms with Gasteiger partial charge in [-0.1, -0.05) is 20.8 Å². The maximum absolute atomic E-state index is 12.2. The van der Waals surface area contributed by atoms with Gasteiger partial charge in [-0.3, -0.25) is 0 Å². The van der Waals surface area contributed by atoms with E-state index >= 15 is 0 Å². The van der Waals surface area contributed by atoms with Crippen LogP contribution >= 0.6 is 7.14 Å². The maximum atomic E-state index is 12.2. The number of hydrogen-bond acceptors (Lipinski definition) is 2. The molecule has 1 heterocycles. The van der Waals surface area contributed by atoms with Crippen LogP contribution in [0.3, 0.4) is 0 Å². The van der Waals surface area contributed by atoms with Gasteiger partial charge in [0.25, 0.3) is 0 Å². The summed E-state index contributed by atoms with van der Waals surface area (Å²) in [7, 11) is -1.78. The smallest absolute Gasteiger partial charge is 0.0926 e. The van der Waals surface area contributed by atoms with Gasteiger partial charge >= 0.3 is 0 Å². The van der Waals surface area contributed by atoms with Crippen LogP contribution in [0, 0.1) is 0 Å². The molecule has 0 bridgehead atoms. The van der Waals surface area contributed by atoms with Gasteiger partial charge in [0.15, 0.2) is 0 Å². The van der Waals surface area contributed by atoms with Crippen LogP contribution in [0.15, 0.2) is 0 Å². The first-order chi connectivity index (χ1) is 5.58. The summed E-state index contributed by atoms with van der Waals surface area (Å²) < 4.78 is 12.2. The third kappa shape index (κ3) is 2.11. The number of hydrogen-bond donors (Lipinski definition) is 0. The fourth-order valence-electron chi connectivity index (χ4n) is 1.68. The Labute approximate surface area is 75.7 Å². The molecule has 0 saturated carbocycles. The van der Waals surface area contributed by atoms with Gasteiger partial charge in [-0.15, -0.1) is 0 Å². The van der Waals surface area contributed by atoms with Crippen molar-refractivity contribution < 1.29 is 4.57 Å². The normalized spacial score (nSPS) is 24.7. The summed E-state index contributed by atoms with van der Waals surface area (Å²) in [6.07, 6.45) is 1.89. The highest BCUT2D eigenvalue weighted by Gasteiger charge is 2.30. The summed E-state index contributed by atoms with van der Waals surface area (Å²) in [5.41, 5.74) is 0.400. The molecule has 3 heteroatoms. The second kappa shape index (κ2) is 3.93. The van der Waals surface area contributed by atoms with Gasteiger partial charge in [0.05, 0.1) is 7.14 Å². The Hall–Kier alpha value is 0.190. The van der Waals surface area contributed by atoms with Crippen molar-refractivity contribution in [2.24, 2.45) is 0 Å². The minimum atomic E-state index is -1.78. The van der Waals surface area contributed by atoms with Crippen molar-refractivity contribution in [1.82, 2.24) is 4.90 Å². The Morgan fingerprint density at radius 1 is 1.33 bits per heavy atom. The molecule has 72 valence electrons. The molecule has 1 aliphatic rings. The zero-order valence-corrected chi connectivity index (χ0v) is 9.31. The van der Waals surface area contributed by atoms with E-state index in [0.717, 1.165) is 32.0 Å². The fraction of sp³-hybridized carbons (Fsp3) is 1.00. The molecule has 0 spiro atoms. The first kappa shape index (κ1) is 10.3. The van der Waals surface area contributed by atoms with Gasteiger partial charge in [-0.25, -0.2) is 0 Å². The highest BCUT2D eigenvalue weighted by Crippen LogP contribution is 2.51. The zero-order valence-electron chi connectivity index (χ0n) is 8.42. The summed E-state index contributed by atoms with van der Waals surface area (Å²) in [5, 5.41) is 0. The molecule has 0 radical (unpaired) electrons. The molecule has 0 aliphatic carbocycles. The van der Waals surface area contributed by atoms with Gasteiger partial charge < -0.3 is 9.46 Å². The van der Waals surface area contributed by atoms with Gasteiger partial charge in [0.2, 0.25) is 0 Å². The van der Waals surface area contributed by atoms with Crippen LogP contribution < -0.4 is 0 Å². The third-order valence-corrected chi connectivity index (χ3v) is 6.77. The second-order valence-corrected chi connectivity index (χ2v) is 7.76. The van der Waals surface area contributed by atoms with Gasteiger partial charge in [0, 0.05) is 31.1 Å². The van der Waals surface area contributed by atoms with Crippen LogP contribution in [0.25, 0.3) is 0 Å². The summed E-state index contributed by atoms with van der Waals surface area (Å²) in [6, 6.07) is 0. The number of nitrogens with zero attached hydrogens (tertiary/aromatic N) is 1. The largest absolute Gasteiger partial charge is 0.323 e. The average Bonchev–Trinajstić information content (AvgIpc) is 2.06. The van der Waals surface area contributed by atoms with Crippen LogP contribution in [0.1, 0.15) is 20.8 Å². The van der Waals surface area contributed by atoms with Crippen LogP contribution in [-0.4, -0.2) is 42.5 Å². The lowest BCUT2D eigenvalue weighted by Crippen LogP contribution is -2.36. The zero-order chi connectivity index (χ0) is 9.19. The lowest BCUT2D eigenvalue weighted by Gasteiger charge is -2.33. The van der Waals surface area contributed by atoms with E-state index in [-0.39, 0.29) is 0 Å². The highest BCUT2D eigenvalue weighted by atomic mass is 31.2. The molecule has 0 N–H and O–H groups in total. The Morgan fingerprint density at radius 2 is 1.83 bits per heavy atom. The van der Waals surface area contributed by atoms with Crippen molar-refractivity contribution in [3.8, 4) is 0 Å². The summed E-state index contributed by atoms with van der Waals surface area (Å²) >= 11 is 0. The molecular weight excluding hydrogens is 169 g/mol. The van der Waals surface area contributed by atoms with E-state index in [1.165, 1.54) is 0 Å². The van der Waals surface area contributed by atoms with Crippen molar-refractivity contribution in [3.05, 3.63) is 0 Å². The highest BCUT2D eigenvalue weighted by molar-refractivity contribution is 7.64. The number of rotatable bonds is 2. The third-order valence-electron chi connectivity index (χ3n) is 2.98. The minimum Gasteiger partial charge on any atom is -0.323 e. The van der Waals surface area contributed by atoms with E-state index in [2.05, 4.69) is 25.7 Å². The molecule has 0 aromatic rings. The summed E-state index contributed by atoms with van der Waals surface area (Å²) in [5.74, 6) is 0. The van der Waals surface area contributed by atoms with Crippen LogP contribution in [0.4, 0.5) is 0 Å². The quantitative estimate of drug-likeness (QED) is 0.620. The Kier molecular flexibility index (Phi) is 3.37. The Balaban J connectivity index is 2.50. The molecule has 12 heavy (non-hydrogen) atoms. The SMILES string of the molecule is CCN1CCP(=O)(C(C)C)CC1. The van der Waals surface area contributed by atoms with Crippen molar-refractivity contribution in [2.75, 3.05) is 32.0 Å². The molecule has 0 aromatic carbocycles.